The summed E-state index contributed by atoms with van der Waals surface area (Å²) in [5.41, 5.74) is 2.92. The van der Waals surface area contributed by atoms with Crippen LogP contribution in [0.5, 0.6) is 0 Å². The van der Waals surface area contributed by atoms with Crippen molar-refractivity contribution < 1.29 is 21.7 Å². The Hall–Kier alpha value is -1.32. The predicted octanol–water partition coefficient (Wildman–Crippen LogP) is -0.683. The van der Waals surface area contributed by atoms with E-state index < -0.39 is 0 Å². The highest BCUT2D eigenvalue weighted by Gasteiger charge is 2.23. The van der Waals surface area contributed by atoms with Crippen LogP contribution in [0, 0.1) is 0 Å². The van der Waals surface area contributed by atoms with Crippen LogP contribution in [0.25, 0.3) is 11.0 Å². The lowest BCUT2D eigenvalue weighted by atomic mass is 10.0. The van der Waals surface area contributed by atoms with Crippen LogP contribution in [-0.4, -0.2) is 12.6 Å². The molecule has 1 aliphatic heterocycles. The summed E-state index contributed by atoms with van der Waals surface area (Å²) >= 11 is 0. The molecule has 0 amide bonds. The van der Waals surface area contributed by atoms with Crippen molar-refractivity contribution in [3.63, 3.8) is 0 Å². The number of fused-ring (bicyclic) bond motifs is 1. The van der Waals surface area contributed by atoms with Gasteiger partial charge in [-0.3, -0.25) is 0 Å². The Kier molecular flexibility index (Phi) is 5.65. The Morgan fingerprint density at radius 2 is 2.09 bits per heavy atom. The van der Waals surface area contributed by atoms with Gasteiger partial charge in [-0.05, 0) is 50.3 Å². The van der Waals surface area contributed by atoms with Crippen LogP contribution >= 0.6 is 0 Å². The summed E-state index contributed by atoms with van der Waals surface area (Å²) in [6.07, 6.45) is 4.91. The molecule has 1 saturated heterocycles. The molecule has 1 fully saturated rings. The smallest absolute Gasteiger partial charge is 0.336 e. The molecule has 2 unspecified atom stereocenters. The number of hydrogen-bond donors (Lipinski definition) is 1. The van der Waals surface area contributed by atoms with Crippen LogP contribution in [-0.2, 0) is 13.0 Å². The van der Waals surface area contributed by atoms with Gasteiger partial charge >= 0.3 is 5.63 Å². The molecule has 22 heavy (non-hydrogen) atoms. The van der Waals surface area contributed by atoms with Gasteiger partial charge in [0.15, 0.2) is 0 Å². The molecular weight excluding hydrogens is 298 g/mol. The number of halogens is 1. The number of hydrogen-bond acceptors (Lipinski definition) is 2. The summed E-state index contributed by atoms with van der Waals surface area (Å²) in [5.74, 6) is 0. The molecule has 0 radical (unpaired) electrons. The van der Waals surface area contributed by atoms with Crippen molar-refractivity contribution in [2.45, 2.75) is 52.1 Å². The topological polar surface area (TPSA) is 34.6 Å². The average molecular weight is 322 g/mol. The highest BCUT2D eigenvalue weighted by molar-refractivity contribution is 5.80. The first-order valence-electron chi connectivity index (χ1n) is 8.07. The molecule has 4 heteroatoms. The summed E-state index contributed by atoms with van der Waals surface area (Å²) in [4.78, 5) is 13.4. The summed E-state index contributed by atoms with van der Waals surface area (Å²) in [6.45, 7) is 6.60. The molecule has 0 saturated carbocycles. The van der Waals surface area contributed by atoms with Crippen LogP contribution < -0.4 is 22.9 Å². The second-order valence-electron chi connectivity index (χ2n) is 6.26. The highest BCUT2D eigenvalue weighted by atomic mass is 35.5. The maximum absolute atomic E-state index is 11.8. The zero-order chi connectivity index (χ0) is 14.8. The van der Waals surface area contributed by atoms with Gasteiger partial charge in [0, 0.05) is 17.0 Å². The van der Waals surface area contributed by atoms with Crippen molar-refractivity contribution in [2.75, 3.05) is 6.54 Å². The molecule has 1 N–H and O–H groups in total. The van der Waals surface area contributed by atoms with Crippen LogP contribution in [0.15, 0.2) is 33.5 Å². The maximum Gasteiger partial charge on any atom is 0.336 e. The van der Waals surface area contributed by atoms with Gasteiger partial charge in [-0.1, -0.05) is 13.0 Å². The normalized spacial score (nSPS) is 21.5. The van der Waals surface area contributed by atoms with Crippen molar-refractivity contribution in [3.05, 3.63) is 45.8 Å². The molecule has 3 nitrogen and oxygen atoms in total. The molecule has 0 bridgehead atoms. The van der Waals surface area contributed by atoms with Crippen molar-refractivity contribution in [1.82, 2.24) is 0 Å². The molecular formula is C18H24ClNO2. The summed E-state index contributed by atoms with van der Waals surface area (Å²) in [5, 5.41) is 1.11. The molecule has 3 rings (SSSR count). The summed E-state index contributed by atoms with van der Waals surface area (Å²) in [7, 11) is 0. The minimum absolute atomic E-state index is 0. The number of piperidine rings is 1. The minimum atomic E-state index is -0.231. The maximum atomic E-state index is 11.8. The van der Waals surface area contributed by atoms with Crippen LogP contribution in [0.1, 0.15) is 44.2 Å². The van der Waals surface area contributed by atoms with Gasteiger partial charge in [-0.25, -0.2) is 4.79 Å². The fraction of sp³-hybridized carbons (Fsp3) is 0.500. The molecule has 1 aromatic carbocycles. The Morgan fingerprint density at radius 1 is 1.27 bits per heavy atom. The van der Waals surface area contributed by atoms with Gasteiger partial charge < -0.3 is 21.7 Å². The largest absolute Gasteiger partial charge is 1.00 e. The number of likely N-dealkylation sites (tertiary alicyclic amines) is 1. The lowest BCUT2D eigenvalue weighted by Gasteiger charge is -2.30. The van der Waals surface area contributed by atoms with Crippen molar-refractivity contribution in [2.24, 2.45) is 0 Å². The Morgan fingerprint density at radius 3 is 2.82 bits per heavy atom. The Bertz CT molecular complexity index is 695. The van der Waals surface area contributed by atoms with Crippen LogP contribution in [0.4, 0.5) is 0 Å². The Balaban J connectivity index is 0.00000176. The van der Waals surface area contributed by atoms with Crippen molar-refractivity contribution in [3.8, 4) is 0 Å². The van der Waals surface area contributed by atoms with E-state index in [2.05, 4.69) is 19.9 Å². The van der Waals surface area contributed by atoms with Gasteiger partial charge in [-0.2, -0.15) is 0 Å². The van der Waals surface area contributed by atoms with E-state index in [1.54, 1.807) is 11.0 Å². The zero-order valence-electron chi connectivity index (χ0n) is 13.3. The first-order chi connectivity index (χ1) is 10.2. The van der Waals surface area contributed by atoms with Crippen molar-refractivity contribution >= 4 is 11.0 Å². The standard InChI is InChI=1S/C18H23NO2.ClH/c1-3-14-7-8-17-16(10-14)15(11-18(20)21-17)12-19-9-5-4-6-13(19)2;/h7-8,10-11,13H,3-6,9,12H2,1-2H3;1H. The second kappa shape index (κ2) is 7.30. The second-order valence-corrected chi connectivity index (χ2v) is 6.26. The molecule has 0 spiro atoms. The van der Waals surface area contributed by atoms with E-state index in [0.29, 0.717) is 6.04 Å². The van der Waals surface area contributed by atoms with E-state index in [0.717, 1.165) is 29.5 Å². The first-order valence-corrected chi connectivity index (χ1v) is 8.07. The van der Waals surface area contributed by atoms with E-state index in [4.69, 9.17) is 4.42 Å². The van der Waals surface area contributed by atoms with Gasteiger partial charge in [-0.15, -0.1) is 0 Å². The molecule has 120 valence electrons. The number of nitrogens with one attached hydrogen (secondary N) is 1. The molecule has 1 aliphatic rings. The van der Waals surface area contributed by atoms with E-state index in [1.165, 1.54) is 31.4 Å². The SMILES string of the molecule is CCc1ccc2oc(=O)cc(C[NH+]3CCCCC3C)c2c1.[Cl-]. The summed E-state index contributed by atoms with van der Waals surface area (Å²) in [6, 6.07) is 8.53. The van der Waals surface area contributed by atoms with E-state index in [-0.39, 0.29) is 18.0 Å². The summed E-state index contributed by atoms with van der Waals surface area (Å²) < 4.78 is 5.35. The quantitative estimate of drug-likeness (QED) is 0.760. The van der Waals surface area contributed by atoms with E-state index in [9.17, 15) is 4.79 Å². The van der Waals surface area contributed by atoms with Gasteiger partial charge in [0.2, 0.25) is 0 Å². The van der Waals surface area contributed by atoms with Crippen LogP contribution in [0.3, 0.4) is 0 Å². The van der Waals surface area contributed by atoms with E-state index >= 15 is 0 Å². The molecule has 2 atom stereocenters. The fourth-order valence-electron chi connectivity index (χ4n) is 3.40. The van der Waals surface area contributed by atoms with Gasteiger partial charge in [0.05, 0.1) is 12.6 Å². The number of rotatable bonds is 3. The van der Waals surface area contributed by atoms with E-state index in [1.807, 2.05) is 12.1 Å². The lowest BCUT2D eigenvalue weighted by molar-refractivity contribution is -0.941. The monoisotopic (exact) mass is 321 g/mol. The lowest BCUT2D eigenvalue weighted by Crippen LogP contribution is -3.14. The third kappa shape index (κ3) is 3.53. The molecule has 2 heterocycles. The number of quaternary nitrogens is 1. The molecule has 2 aromatic rings. The minimum Gasteiger partial charge on any atom is -1.00 e. The first kappa shape index (κ1) is 17.0. The van der Waals surface area contributed by atoms with Crippen LogP contribution in [0.2, 0.25) is 0 Å². The fourth-order valence-corrected chi connectivity index (χ4v) is 3.40. The van der Waals surface area contributed by atoms with Gasteiger partial charge in [0.25, 0.3) is 0 Å². The third-order valence-electron chi connectivity index (χ3n) is 4.80. The average Bonchev–Trinajstić information content (AvgIpc) is 2.49. The van der Waals surface area contributed by atoms with Gasteiger partial charge in [0.1, 0.15) is 12.1 Å². The number of benzene rings is 1. The molecule has 1 aromatic heterocycles. The molecule has 0 aliphatic carbocycles. The van der Waals surface area contributed by atoms with Crippen molar-refractivity contribution in [1.29, 1.82) is 0 Å². The zero-order valence-corrected chi connectivity index (χ0v) is 14.1. The predicted molar refractivity (Wildman–Crippen MR) is 84.7 cm³/mol. The third-order valence-corrected chi connectivity index (χ3v) is 4.80. The highest BCUT2D eigenvalue weighted by Crippen LogP contribution is 2.19. The number of aryl methyl sites for hydroxylation is 1. The Labute approximate surface area is 137 Å².